The number of amides is 1. The van der Waals surface area contributed by atoms with Gasteiger partial charge in [0.05, 0.1) is 7.11 Å². The van der Waals surface area contributed by atoms with Crippen LogP contribution in [0.4, 0.5) is 5.82 Å². The molecule has 3 heterocycles. The topological polar surface area (TPSA) is 54.5 Å². The van der Waals surface area contributed by atoms with Gasteiger partial charge in [0.15, 0.2) is 0 Å². The Bertz CT molecular complexity index is 1030. The average Bonchev–Trinajstić information content (AvgIpc) is 3.37. The zero-order valence-corrected chi connectivity index (χ0v) is 17.3. The molecule has 154 valence electrons. The quantitative estimate of drug-likeness (QED) is 0.786. The summed E-state index contributed by atoms with van der Waals surface area (Å²) in [5.41, 5.74) is 4.75. The molecule has 2 aromatic rings. The van der Waals surface area contributed by atoms with Gasteiger partial charge in [0, 0.05) is 37.5 Å². The number of nitrogens with zero attached hydrogens (tertiary/aromatic N) is 2. The Hall–Kier alpha value is -3.08. The van der Waals surface area contributed by atoms with Crippen LogP contribution >= 0.6 is 0 Å². The van der Waals surface area contributed by atoms with Crippen LogP contribution in [-0.4, -0.2) is 42.5 Å². The number of aromatic nitrogens is 1. The lowest BCUT2D eigenvalue weighted by Gasteiger charge is -2.17. The number of para-hydroxylation sites is 1. The van der Waals surface area contributed by atoms with Gasteiger partial charge in [-0.25, -0.2) is 4.98 Å². The first-order valence-corrected chi connectivity index (χ1v) is 10.7. The van der Waals surface area contributed by atoms with Crippen LogP contribution < -0.4 is 10.1 Å². The number of benzene rings is 1. The lowest BCUT2D eigenvalue weighted by molar-refractivity contribution is -0.125. The molecule has 5 rings (SSSR count). The summed E-state index contributed by atoms with van der Waals surface area (Å²) < 4.78 is 5.52. The van der Waals surface area contributed by atoms with Crippen molar-refractivity contribution >= 4 is 23.4 Å². The highest BCUT2D eigenvalue weighted by Crippen LogP contribution is 2.43. The van der Waals surface area contributed by atoms with Crippen molar-refractivity contribution < 1.29 is 9.53 Å². The van der Waals surface area contributed by atoms with Gasteiger partial charge in [-0.15, -0.1) is 0 Å². The summed E-state index contributed by atoms with van der Waals surface area (Å²) in [4.78, 5) is 19.2. The lowest BCUT2D eigenvalue weighted by atomic mass is 9.98. The van der Waals surface area contributed by atoms with Gasteiger partial charge in [0.2, 0.25) is 5.91 Å². The molecule has 0 bridgehead atoms. The van der Waals surface area contributed by atoms with Crippen molar-refractivity contribution in [3.63, 3.8) is 0 Å². The number of hydrogen-bond donors (Lipinski definition) is 1. The molecule has 1 saturated heterocycles. The molecule has 1 aromatic carbocycles. The Morgan fingerprint density at radius 1 is 1.30 bits per heavy atom. The van der Waals surface area contributed by atoms with Crippen molar-refractivity contribution in [2.75, 3.05) is 32.1 Å². The standard InChI is InChI=1S/C25H27N3O2/c1-30-23-7-3-2-6-22(23)19-12-20-15-28(16-21(20)13-19)24(29)9-8-17-11-18-5-4-10-26-25(18)27-14-17/h2-3,6-9,11-12,14,20-21H,4-5,10,13,15-16H2,1H3,(H,26,27)/b9-8+. The maximum Gasteiger partial charge on any atom is 0.246 e. The summed E-state index contributed by atoms with van der Waals surface area (Å²) in [5.74, 6) is 2.92. The highest BCUT2D eigenvalue weighted by atomic mass is 16.5. The van der Waals surface area contributed by atoms with Gasteiger partial charge in [-0.1, -0.05) is 24.3 Å². The normalized spacial score (nSPS) is 22.4. The van der Waals surface area contributed by atoms with Crippen molar-refractivity contribution in [2.24, 2.45) is 11.8 Å². The predicted molar refractivity (Wildman–Crippen MR) is 119 cm³/mol. The Morgan fingerprint density at radius 3 is 3.07 bits per heavy atom. The first-order chi connectivity index (χ1) is 14.7. The summed E-state index contributed by atoms with van der Waals surface area (Å²) in [6, 6.07) is 10.3. The van der Waals surface area contributed by atoms with Gasteiger partial charge in [-0.05, 0) is 66.0 Å². The molecule has 1 amide bonds. The number of likely N-dealkylation sites (tertiary alicyclic amines) is 1. The fourth-order valence-corrected chi connectivity index (χ4v) is 4.93. The largest absolute Gasteiger partial charge is 0.496 e. The molecule has 1 fully saturated rings. The lowest BCUT2D eigenvalue weighted by Crippen LogP contribution is -2.27. The number of carbonyl (C=O) groups is 1. The molecule has 30 heavy (non-hydrogen) atoms. The number of methoxy groups -OCH3 is 1. The van der Waals surface area contributed by atoms with Crippen molar-refractivity contribution in [3.05, 3.63) is 65.4 Å². The van der Waals surface area contributed by atoms with E-state index in [1.54, 1.807) is 13.2 Å². The monoisotopic (exact) mass is 401 g/mol. The van der Waals surface area contributed by atoms with Gasteiger partial charge in [-0.2, -0.15) is 0 Å². The minimum atomic E-state index is 0.0903. The minimum absolute atomic E-state index is 0.0903. The summed E-state index contributed by atoms with van der Waals surface area (Å²) in [6.07, 6.45) is 10.9. The van der Waals surface area contributed by atoms with Crippen LogP contribution in [0.2, 0.25) is 0 Å². The number of allylic oxidation sites excluding steroid dienone is 1. The van der Waals surface area contributed by atoms with Crippen LogP contribution in [0.15, 0.2) is 48.7 Å². The molecular formula is C25H27N3O2. The van der Waals surface area contributed by atoms with Crippen LogP contribution in [-0.2, 0) is 11.2 Å². The molecular weight excluding hydrogens is 374 g/mol. The summed E-state index contributed by atoms with van der Waals surface area (Å²) in [7, 11) is 1.72. The molecule has 3 aliphatic rings. The van der Waals surface area contributed by atoms with Crippen LogP contribution in [0.1, 0.15) is 29.5 Å². The van der Waals surface area contributed by atoms with E-state index in [0.29, 0.717) is 11.8 Å². The van der Waals surface area contributed by atoms with Crippen molar-refractivity contribution in [2.45, 2.75) is 19.3 Å². The first-order valence-electron chi connectivity index (χ1n) is 10.7. The average molecular weight is 402 g/mol. The van der Waals surface area contributed by atoms with Gasteiger partial charge < -0.3 is 15.0 Å². The van der Waals surface area contributed by atoms with E-state index in [1.807, 2.05) is 29.3 Å². The highest BCUT2D eigenvalue weighted by Gasteiger charge is 2.38. The third kappa shape index (κ3) is 3.60. The third-order valence-electron chi connectivity index (χ3n) is 6.48. The number of fused-ring (bicyclic) bond motifs is 2. The van der Waals surface area contributed by atoms with E-state index >= 15 is 0 Å². The Labute approximate surface area is 177 Å². The maximum atomic E-state index is 12.8. The number of pyridine rings is 1. The number of hydrogen-bond acceptors (Lipinski definition) is 4. The number of carbonyl (C=O) groups excluding carboxylic acids is 1. The van der Waals surface area contributed by atoms with Crippen molar-refractivity contribution in [1.29, 1.82) is 0 Å². The van der Waals surface area contributed by atoms with Crippen molar-refractivity contribution in [1.82, 2.24) is 9.88 Å². The van der Waals surface area contributed by atoms with Crippen LogP contribution in [0.3, 0.4) is 0 Å². The molecule has 1 aromatic heterocycles. The molecule has 1 N–H and O–H groups in total. The fourth-order valence-electron chi connectivity index (χ4n) is 4.93. The van der Waals surface area contributed by atoms with E-state index in [-0.39, 0.29) is 5.91 Å². The third-order valence-corrected chi connectivity index (χ3v) is 6.48. The van der Waals surface area contributed by atoms with E-state index in [4.69, 9.17) is 4.74 Å². The van der Waals surface area contributed by atoms with Crippen LogP contribution in [0.25, 0.3) is 11.6 Å². The number of nitrogens with one attached hydrogen (secondary N) is 1. The molecule has 0 saturated carbocycles. The zero-order valence-electron chi connectivity index (χ0n) is 17.3. The number of rotatable bonds is 4. The number of anilines is 1. The first kappa shape index (κ1) is 18.9. The van der Waals surface area contributed by atoms with E-state index in [2.05, 4.69) is 34.6 Å². The minimum Gasteiger partial charge on any atom is -0.496 e. The maximum absolute atomic E-state index is 12.8. The molecule has 0 spiro atoms. The van der Waals surface area contributed by atoms with Crippen molar-refractivity contribution in [3.8, 4) is 5.75 Å². The van der Waals surface area contributed by atoms with Crippen LogP contribution in [0, 0.1) is 11.8 Å². The Kier molecular flexibility index (Phi) is 5.03. The molecule has 5 heteroatoms. The summed E-state index contributed by atoms with van der Waals surface area (Å²) >= 11 is 0. The molecule has 2 atom stereocenters. The van der Waals surface area contributed by atoms with E-state index in [9.17, 15) is 4.79 Å². The molecule has 2 unspecified atom stereocenters. The zero-order chi connectivity index (χ0) is 20.5. The Balaban J connectivity index is 1.24. The predicted octanol–water partition coefficient (Wildman–Crippen LogP) is 4.02. The highest BCUT2D eigenvalue weighted by molar-refractivity contribution is 5.92. The van der Waals surface area contributed by atoms with Gasteiger partial charge in [0.25, 0.3) is 0 Å². The fraction of sp³-hybridized carbons (Fsp3) is 0.360. The van der Waals surface area contributed by atoms with E-state index in [1.165, 1.54) is 16.7 Å². The van der Waals surface area contributed by atoms with E-state index < -0.39 is 0 Å². The van der Waals surface area contributed by atoms with Gasteiger partial charge in [0.1, 0.15) is 11.6 Å². The molecule has 2 aliphatic heterocycles. The Morgan fingerprint density at radius 2 is 2.20 bits per heavy atom. The van der Waals surface area contributed by atoms with Gasteiger partial charge in [-0.3, -0.25) is 4.79 Å². The number of ether oxygens (including phenoxy) is 1. The summed E-state index contributed by atoms with van der Waals surface area (Å²) in [6.45, 7) is 2.59. The smallest absolute Gasteiger partial charge is 0.246 e. The van der Waals surface area contributed by atoms with E-state index in [0.717, 1.165) is 56.0 Å². The molecule has 1 aliphatic carbocycles. The number of aryl methyl sites for hydroxylation is 1. The van der Waals surface area contributed by atoms with Crippen LogP contribution in [0.5, 0.6) is 5.75 Å². The second kappa shape index (κ2) is 7.98. The molecule has 5 nitrogen and oxygen atoms in total. The summed E-state index contributed by atoms with van der Waals surface area (Å²) in [5, 5.41) is 3.32. The SMILES string of the molecule is COc1ccccc1C1=CC2CN(C(=O)/C=C/c3cnc4c(c3)CCCN4)CC2C1. The van der Waals surface area contributed by atoms with Gasteiger partial charge >= 0.3 is 0 Å². The second-order valence-electron chi connectivity index (χ2n) is 8.40. The molecule has 0 radical (unpaired) electrons. The second-order valence-corrected chi connectivity index (χ2v) is 8.40.